The maximum absolute atomic E-state index is 10.8. The largest absolute Gasteiger partial charge is 0.390 e. The van der Waals surface area contributed by atoms with Crippen molar-refractivity contribution in [3.8, 4) is 0 Å². The molecule has 1 aliphatic rings. The van der Waals surface area contributed by atoms with Gasteiger partial charge in [-0.1, -0.05) is 27.2 Å². The second kappa shape index (κ2) is 5.05. The van der Waals surface area contributed by atoms with E-state index in [4.69, 9.17) is 5.73 Å². The third-order valence-electron chi connectivity index (χ3n) is 4.63. The summed E-state index contributed by atoms with van der Waals surface area (Å²) in [5.41, 5.74) is 5.36. The van der Waals surface area contributed by atoms with Crippen LogP contribution in [0.1, 0.15) is 59.8 Å². The van der Waals surface area contributed by atoms with E-state index in [1.807, 2.05) is 6.92 Å². The van der Waals surface area contributed by atoms with Crippen LogP contribution in [0.2, 0.25) is 0 Å². The highest BCUT2D eigenvalue weighted by atomic mass is 16.3. The van der Waals surface area contributed by atoms with Gasteiger partial charge in [-0.25, -0.2) is 0 Å². The van der Waals surface area contributed by atoms with Crippen molar-refractivity contribution in [1.29, 1.82) is 0 Å². The highest BCUT2D eigenvalue weighted by Crippen LogP contribution is 2.51. The Balaban J connectivity index is 2.80. The highest BCUT2D eigenvalue weighted by Gasteiger charge is 2.50. The normalized spacial score (nSPS) is 34.3. The molecular weight excluding hydrogens is 198 g/mol. The van der Waals surface area contributed by atoms with Crippen LogP contribution in [-0.2, 0) is 0 Å². The van der Waals surface area contributed by atoms with Crippen molar-refractivity contribution < 1.29 is 5.11 Å². The third kappa shape index (κ3) is 2.60. The zero-order chi connectivity index (χ0) is 12.4. The van der Waals surface area contributed by atoms with E-state index in [0.29, 0.717) is 12.5 Å². The van der Waals surface area contributed by atoms with Crippen molar-refractivity contribution in [3.63, 3.8) is 0 Å². The van der Waals surface area contributed by atoms with E-state index in [-0.39, 0.29) is 5.41 Å². The van der Waals surface area contributed by atoms with E-state index in [0.717, 1.165) is 25.2 Å². The summed E-state index contributed by atoms with van der Waals surface area (Å²) in [6.45, 7) is 9.21. The lowest BCUT2D eigenvalue weighted by atomic mass is 9.67. The predicted molar refractivity (Wildman–Crippen MR) is 69.2 cm³/mol. The molecule has 0 aromatic heterocycles. The molecular formula is C14H29NO. The number of hydrogen-bond acceptors (Lipinski definition) is 2. The predicted octanol–water partition coefficient (Wildman–Crippen LogP) is 2.94. The van der Waals surface area contributed by atoms with Crippen LogP contribution in [0.3, 0.4) is 0 Å². The molecule has 0 amide bonds. The van der Waals surface area contributed by atoms with E-state index in [9.17, 15) is 5.11 Å². The molecule has 96 valence electrons. The molecule has 0 radical (unpaired) electrons. The van der Waals surface area contributed by atoms with Crippen molar-refractivity contribution in [2.75, 3.05) is 6.54 Å². The van der Waals surface area contributed by atoms with Crippen LogP contribution < -0.4 is 5.73 Å². The van der Waals surface area contributed by atoms with E-state index in [2.05, 4.69) is 20.8 Å². The van der Waals surface area contributed by atoms with Crippen molar-refractivity contribution in [2.24, 2.45) is 23.0 Å². The van der Waals surface area contributed by atoms with Gasteiger partial charge in [0.2, 0.25) is 0 Å². The Morgan fingerprint density at radius 3 is 2.50 bits per heavy atom. The Labute approximate surface area is 101 Å². The molecule has 3 atom stereocenters. The topological polar surface area (TPSA) is 46.2 Å². The molecule has 1 fully saturated rings. The van der Waals surface area contributed by atoms with Gasteiger partial charge in [0, 0.05) is 12.0 Å². The van der Waals surface area contributed by atoms with Gasteiger partial charge in [0.15, 0.2) is 0 Å². The molecule has 0 spiro atoms. The summed E-state index contributed by atoms with van der Waals surface area (Å²) in [6, 6.07) is 0. The van der Waals surface area contributed by atoms with Gasteiger partial charge in [0.1, 0.15) is 0 Å². The van der Waals surface area contributed by atoms with E-state index in [1.165, 1.54) is 12.8 Å². The molecule has 0 aromatic carbocycles. The molecule has 2 heteroatoms. The molecule has 16 heavy (non-hydrogen) atoms. The molecule has 0 heterocycles. The van der Waals surface area contributed by atoms with Crippen molar-refractivity contribution in [3.05, 3.63) is 0 Å². The third-order valence-corrected chi connectivity index (χ3v) is 4.63. The lowest BCUT2D eigenvalue weighted by molar-refractivity contribution is -0.0790. The summed E-state index contributed by atoms with van der Waals surface area (Å²) >= 11 is 0. The van der Waals surface area contributed by atoms with Crippen molar-refractivity contribution in [2.45, 2.75) is 65.4 Å². The molecule has 0 aliphatic heterocycles. The first-order valence-corrected chi connectivity index (χ1v) is 6.79. The monoisotopic (exact) mass is 227 g/mol. The molecule has 3 unspecified atom stereocenters. The van der Waals surface area contributed by atoms with E-state index >= 15 is 0 Å². The summed E-state index contributed by atoms with van der Waals surface area (Å²) in [7, 11) is 0. The quantitative estimate of drug-likeness (QED) is 0.758. The van der Waals surface area contributed by atoms with Gasteiger partial charge in [0.25, 0.3) is 0 Å². The fourth-order valence-electron chi connectivity index (χ4n) is 3.49. The Kier molecular flexibility index (Phi) is 4.42. The molecule has 3 N–H and O–H groups in total. The van der Waals surface area contributed by atoms with Gasteiger partial charge in [-0.05, 0) is 44.4 Å². The van der Waals surface area contributed by atoms with Crippen LogP contribution in [0.25, 0.3) is 0 Å². The summed E-state index contributed by atoms with van der Waals surface area (Å²) in [5.74, 6) is 1.29. The van der Waals surface area contributed by atoms with Crippen LogP contribution in [0.4, 0.5) is 0 Å². The summed E-state index contributed by atoms with van der Waals surface area (Å²) in [6.07, 6.45) is 5.53. The Morgan fingerprint density at radius 2 is 2.12 bits per heavy atom. The lowest BCUT2D eigenvalue weighted by Gasteiger charge is -2.43. The number of rotatable bonds is 5. The molecule has 2 nitrogen and oxygen atoms in total. The first-order chi connectivity index (χ1) is 7.37. The average molecular weight is 227 g/mol. The van der Waals surface area contributed by atoms with E-state index in [1.54, 1.807) is 0 Å². The second-order valence-electron chi connectivity index (χ2n) is 6.37. The molecule has 1 aliphatic carbocycles. The second-order valence-corrected chi connectivity index (χ2v) is 6.37. The molecule has 1 rings (SSSR count). The van der Waals surface area contributed by atoms with Crippen LogP contribution in [0, 0.1) is 17.3 Å². The SMILES string of the molecule is CCC1CCC(CN)(C(C)(O)CC(C)C)C1. The Bertz CT molecular complexity index is 225. The van der Waals surface area contributed by atoms with Gasteiger partial charge in [-0.3, -0.25) is 0 Å². The minimum absolute atomic E-state index is 0.0298. The molecule has 0 bridgehead atoms. The zero-order valence-corrected chi connectivity index (χ0v) is 11.4. The fourth-order valence-corrected chi connectivity index (χ4v) is 3.49. The average Bonchev–Trinajstić information content (AvgIpc) is 2.60. The zero-order valence-electron chi connectivity index (χ0n) is 11.4. The van der Waals surface area contributed by atoms with Gasteiger partial charge in [0.05, 0.1) is 5.60 Å². The summed E-state index contributed by atoms with van der Waals surface area (Å²) in [4.78, 5) is 0. The minimum atomic E-state index is -0.597. The first-order valence-electron chi connectivity index (χ1n) is 6.79. The number of nitrogens with two attached hydrogens (primary N) is 1. The number of aliphatic hydroxyl groups is 1. The van der Waals surface area contributed by atoms with Crippen LogP contribution >= 0.6 is 0 Å². The smallest absolute Gasteiger partial charge is 0.0690 e. The number of hydrogen-bond donors (Lipinski definition) is 2. The minimum Gasteiger partial charge on any atom is -0.390 e. The van der Waals surface area contributed by atoms with Crippen molar-refractivity contribution in [1.82, 2.24) is 0 Å². The summed E-state index contributed by atoms with van der Waals surface area (Å²) < 4.78 is 0. The highest BCUT2D eigenvalue weighted by molar-refractivity contribution is 5.02. The van der Waals surface area contributed by atoms with Crippen molar-refractivity contribution >= 4 is 0 Å². The Morgan fingerprint density at radius 1 is 1.50 bits per heavy atom. The maximum Gasteiger partial charge on any atom is 0.0690 e. The maximum atomic E-state index is 10.8. The van der Waals surface area contributed by atoms with Crippen LogP contribution in [0.5, 0.6) is 0 Å². The Hall–Kier alpha value is -0.0800. The van der Waals surface area contributed by atoms with Gasteiger partial charge < -0.3 is 10.8 Å². The molecule has 0 aromatic rings. The lowest BCUT2D eigenvalue weighted by Crippen LogP contribution is -2.50. The summed E-state index contributed by atoms with van der Waals surface area (Å²) in [5, 5.41) is 10.8. The van der Waals surface area contributed by atoms with Gasteiger partial charge >= 0.3 is 0 Å². The first kappa shape index (κ1) is 14.0. The van der Waals surface area contributed by atoms with Crippen LogP contribution in [-0.4, -0.2) is 17.3 Å². The molecule has 1 saturated carbocycles. The van der Waals surface area contributed by atoms with Crippen LogP contribution in [0.15, 0.2) is 0 Å². The standard InChI is InChI=1S/C14H29NO/c1-5-12-6-7-14(9-12,10-15)13(4,16)8-11(2)3/h11-12,16H,5-10,15H2,1-4H3. The van der Waals surface area contributed by atoms with Gasteiger partial charge in [-0.15, -0.1) is 0 Å². The fraction of sp³-hybridized carbons (Fsp3) is 1.00. The van der Waals surface area contributed by atoms with Gasteiger partial charge in [-0.2, -0.15) is 0 Å². The molecule has 0 saturated heterocycles. The van der Waals surface area contributed by atoms with E-state index < -0.39 is 5.60 Å².